The number of rotatable bonds is 6. The third-order valence-electron chi connectivity index (χ3n) is 6.61. The predicted octanol–water partition coefficient (Wildman–Crippen LogP) is 3.29. The first-order chi connectivity index (χ1) is 16.5. The molecule has 1 aliphatic heterocycles. The maximum atomic E-state index is 13.4. The minimum Gasteiger partial charge on any atom is -0.497 e. The van der Waals surface area contributed by atoms with Crippen molar-refractivity contribution in [3.63, 3.8) is 0 Å². The summed E-state index contributed by atoms with van der Waals surface area (Å²) in [6.45, 7) is -0.353. The summed E-state index contributed by atoms with van der Waals surface area (Å²) in [5.41, 5.74) is 2.53. The molecule has 172 valence electrons. The molecule has 34 heavy (non-hydrogen) atoms. The number of carbonyl (C=O) groups is 3. The zero-order valence-corrected chi connectivity index (χ0v) is 18.8. The van der Waals surface area contributed by atoms with Gasteiger partial charge in [-0.3, -0.25) is 14.5 Å². The van der Waals surface area contributed by atoms with Crippen LogP contribution in [0.5, 0.6) is 5.75 Å². The first-order valence-electron chi connectivity index (χ1n) is 11.2. The van der Waals surface area contributed by atoms with Crippen LogP contribution in [0.1, 0.15) is 34.7 Å². The molecule has 5 rings (SSSR count). The number of hydrogen-bond acceptors (Lipinski definition) is 4. The van der Waals surface area contributed by atoms with Crippen LogP contribution >= 0.6 is 0 Å². The van der Waals surface area contributed by atoms with Crippen molar-refractivity contribution >= 4 is 17.8 Å². The number of benzene rings is 3. The molecular formula is C27H25N3O4. The Labute approximate surface area is 197 Å². The average molecular weight is 456 g/mol. The van der Waals surface area contributed by atoms with Crippen molar-refractivity contribution in [2.45, 2.75) is 24.4 Å². The predicted molar refractivity (Wildman–Crippen MR) is 126 cm³/mol. The molecule has 7 heteroatoms. The van der Waals surface area contributed by atoms with Gasteiger partial charge < -0.3 is 15.4 Å². The van der Waals surface area contributed by atoms with Gasteiger partial charge in [0.1, 0.15) is 17.8 Å². The number of nitrogens with zero attached hydrogens (tertiary/aromatic N) is 1. The molecule has 0 bridgehead atoms. The van der Waals surface area contributed by atoms with Crippen molar-refractivity contribution in [1.29, 1.82) is 0 Å². The molecule has 0 saturated carbocycles. The molecule has 0 radical (unpaired) electrons. The minimum absolute atomic E-state index is 0.353. The topological polar surface area (TPSA) is 87.7 Å². The third-order valence-corrected chi connectivity index (χ3v) is 6.61. The molecule has 1 fully saturated rings. The SMILES string of the molecule is COc1ccc([C@H](NC(=O)CN2C(=O)N[C@]3(CCc4ccccc43)C2=O)c2ccccc2)cc1. The number of methoxy groups -OCH3 is 1. The third kappa shape index (κ3) is 3.69. The van der Waals surface area contributed by atoms with E-state index in [1.165, 1.54) is 0 Å². The van der Waals surface area contributed by atoms with E-state index in [0.29, 0.717) is 18.6 Å². The van der Waals surface area contributed by atoms with E-state index in [2.05, 4.69) is 10.6 Å². The number of fused-ring (bicyclic) bond motifs is 2. The summed E-state index contributed by atoms with van der Waals surface area (Å²) < 4.78 is 5.24. The van der Waals surface area contributed by atoms with Crippen molar-refractivity contribution in [2.24, 2.45) is 0 Å². The molecule has 3 aromatic carbocycles. The molecule has 7 nitrogen and oxygen atoms in total. The van der Waals surface area contributed by atoms with Crippen LogP contribution < -0.4 is 15.4 Å². The number of ether oxygens (including phenoxy) is 1. The van der Waals surface area contributed by atoms with Crippen LogP contribution in [-0.2, 0) is 21.5 Å². The summed E-state index contributed by atoms with van der Waals surface area (Å²) >= 11 is 0. The fourth-order valence-electron chi connectivity index (χ4n) is 4.88. The van der Waals surface area contributed by atoms with Crippen molar-refractivity contribution in [2.75, 3.05) is 13.7 Å². The molecule has 1 spiro atoms. The lowest BCUT2D eigenvalue weighted by molar-refractivity contribution is -0.135. The Balaban J connectivity index is 1.37. The first-order valence-corrected chi connectivity index (χ1v) is 11.2. The van der Waals surface area contributed by atoms with E-state index in [0.717, 1.165) is 27.2 Å². The van der Waals surface area contributed by atoms with Gasteiger partial charge in [0.2, 0.25) is 5.91 Å². The minimum atomic E-state index is -1.08. The fourth-order valence-corrected chi connectivity index (χ4v) is 4.88. The number of amides is 4. The van der Waals surface area contributed by atoms with E-state index < -0.39 is 23.5 Å². The van der Waals surface area contributed by atoms with Crippen molar-refractivity contribution < 1.29 is 19.1 Å². The number of imide groups is 1. The van der Waals surface area contributed by atoms with Crippen molar-refractivity contribution in [3.8, 4) is 5.75 Å². The highest BCUT2D eigenvalue weighted by molar-refractivity contribution is 6.10. The second kappa shape index (κ2) is 8.67. The molecular weight excluding hydrogens is 430 g/mol. The van der Waals surface area contributed by atoms with Crippen LogP contribution in [0.25, 0.3) is 0 Å². The summed E-state index contributed by atoms with van der Waals surface area (Å²) in [7, 11) is 1.60. The Morgan fingerprint density at radius 2 is 1.68 bits per heavy atom. The largest absolute Gasteiger partial charge is 0.497 e. The molecule has 0 aromatic heterocycles. The fraction of sp³-hybridized carbons (Fsp3) is 0.222. The number of urea groups is 1. The second-order valence-electron chi connectivity index (χ2n) is 8.57. The van der Waals surface area contributed by atoms with Crippen LogP contribution in [0, 0.1) is 0 Å². The first kappa shape index (κ1) is 21.7. The molecule has 4 amide bonds. The van der Waals surface area contributed by atoms with Gasteiger partial charge in [0, 0.05) is 0 Å². The van der Waals surface area contributed by atoms with Crippen LogP contribution in [0.2, 0.25) is 0 Å². The van der Waals surface area contributed by atoms with E-state index in [-0.39, 0.29) is 12.5 Å². The average Bonchev–Trinajstić information content (AvgIpc) is 3.36. The molecule has 0 unspecified atom stereocenters. The number of nitrogens with one attached hydrogen (secondary N) is 2. The normalized spacial score (nSPS) is 19.6. The maximum Gasteiger partial charge on any atom is 0.325 e. The molecule has 3 aromatic rings. The molecule has 2 aliphatic rings. The highest BCUT2D eigenvalue weighted by Gasteiger charge is 2.55. The maximum absolute atomic E-state index is 13.4. The Hall–Kier alpha value is -4.13. The molecule has 1 heterocycles. The monoisotopic (exact) mass is 455 g/mol. The van der Waals surface area contributed by atoms with Gasteiger partial charge in [0.15, 0.2) is 0 Å². The molecule has 1 aliphatic carbocycles. The quantitative estimate of drug-likeness (QED) is 0.559. The number of aryl methyl sites for hydroxylation is 1. The lowest BCUT2D eigenvalue weighted by Crippen LogP contribution is -2.44. The van der Waals surface area contributed by atoms with E-state index in [1.54, 1.807) is 7.11 Å². The molecule has 2 atom stereocenters. The van der Waals surface area contributed by atoms with Crippen molar-refractivity contribution in [1.82, 2.24) is 15.5 Å². The number of hydrogen-bond donors (Lipinski definition) is 2. The van der Waals surface area contributed by atoms with Crippen LogP contribution in [-0.4, -0.2) is 36.4 Å². The second-order valence-corrected chi connectivity index (χ2v) is 8.57. The van der Waals surface area contributed by atoms with E-state index in [4.69, 9.17) is 4.74 Å². The summed E-state index contributed by atoms with van der Waals surface area (Å²) in [5, 5.41) is 5.86. The zero-order valence-electron chi connectivity index (χ0n) is 18.8. The Morgan fingerprint density at radius 1 is 1.00 bits per heavy atom. The van der Waals surface area contributed by atoms with Gasteiger partial charge >= 0.3 is 6.03 Å². The highest BCUT2D eigenvalue weighted by atomic mass is 16.5. The summed E-state index contributed by atoms with van der Waals surface area (Å²) in [6.07, 6.45) is 1.20. The Bertz CT molecular complexity index is 1240. The standard InChI is InChI=1S/C27H25N3O4/c1-34-21-13-11-20(12-14-21)24(19-8-3-2-4-9-19)28-23(31)17-30-25(32)27(29-26(30)33)16-15-18-7-5-6-10-22(18)27/h2-14,24H,15-17H2,1H3,(H,28,31)(H,29,33)/t24-,27+/m1/s1. The van der Waals surface area contributed by atoms with Gasteiger partial charge in [-0.05, 0) is 47.2 Å². The van der Waals surface area contributed by atoms with Crippen LogP contribution in [0.15, 0.2) is 78.9 Å². The van der Waals surface area contributed by atoms with Gasteiger partial charge in [0.05, 0.1) is 13.2 Å². The van der Waals surface area contributed by atoms with Gasteiger partial charge in [-0.25, -0.2) is 4.79 Å². The smallest absolute Gasteiger partial charge is 0.325 e. The lowest BCUT2D eigenvalue weighted by atomic mass is 9.92. The molecule has 2 N–H and O–H groups in total. The zero-order chi connectivity index (χ0) is 23.7. The van der Waals surface area contributed by atoms with Gasteiger partial charge in [0.25, 0.3) is 5.91 Å². The van der Waals surface area contributed by atoms with Gasteiger partial charge in [-0.15, -0.1) is 0 Å². The van der Waals surface area contributed by atoms with E-state index >= 15 is 0 Å². The summed E-state index contributed by atoms with van der Waals surface area (Å²) in [4.78, 5) is 40.3. The van der Waals surface area contributed by atoms with E-state index in [9.17, 15) is 14.4 Å². The van der Waals surface area contributed by atoms with Crippen LogP contribution in [0.3, 0.4) is 0 Å². The number of carbonyl (C=O) groups excluding carboxylic acids is 3. The van der Waals surface area contributed by atoms with Crippen molar-refractivity contribution in [3.05, 3.63) is 101 Å². The highest BCUT2D eigenvalue weighted by Crippen LogP contribution is 2.41. The Morgan fingerprint density at radius 3 is 2.41 bits per heavy atom. The summed E-state index contributed by atoms with van der Waals surface area (Å²) in [5.74, 6) is -0.0850. The Kier molecular flexibility index (Phi) is 5.53. The van der Waals surface area contributed by atoms with E-state index in [1.807, 2.05) is 78.9 Å². The summed E-state index contributed by atoms with van der Waals surface area (Å²) in [6, 6.07) is 23.6. The van der Waals surface area contributed by atoms with Gasteiger partial charge in [-0.2, -0.15) is 0 Å². The van der Waals surface area contributed by atoms with Crippen LogP contribution in [0.4, 0.5) is 4.79 Å². The van der Waals surface area contributed by atoms with Gasteiger partial charge in [-0.1, -0.05) is 66.7 Å². The lowest BCUT2D eigenvalue weighted by Gasteiger charge is -2.23. The molecule has 1 saturated heterocycles.